The first kappa shape index (κ1) is 17.9. The van der Waals surface area contributed by atoms with Gasteiger partial charge in [-0.1, -0.05) is 18.2 Å². The van der Waals surface area contributed by atoms with Crippen LogP contribution in [0.4, 0.5) is 11.4 Å². The van der Waals surface area contributed by atoms with Crippen LogP contribution >= 0.6 is 23.1 Å². The SMILES string of the molecule is Cc1sc(C(=O)Nc2ccccc2CN2CCSCC2)cc1[N+](=O)[O-]. The number of nitro groups is 1. The third kappa shape index (κ3) is 4.39. The number of aryl methyl sites for hydroxylation is 1. The van der Waals surface area contributed by atoms with Gasteiger partial charge in [-0.3, -0.25) is 19.8 Å². The first-order valence-electron chi connectivity index (χ1n) is 7.99. The fourth-order valence-electron chi connectivity index (χ4n) is 2.73. The molecule has 2 aromatic rings. The van der Waals surface area contributed by atoms with Crippen molar-refractivity contribution >= 4 is 40.4 Å². The maximum Gasteiger partial charge on any atom is 0.283 e. The minimum absolute atomic E-state index is 0.00532. The van der Waals surface area contributed by atoms with E-state index in [4.69, 9.17) is 0 Å². The zero-order valence-corrected chi connectivity index (χ0v) is 15.5. The normalized spacial score (nSPS) is 15.1. The number of hydrogen-bond donors (Lipinski definition) is 1. The number of carbonyl (C=O) groups excluding carboxylic acids is 1. The van der Waals surface area contributed by atoms with Crippen LogP contribution in [0.15, 0.2) is 30.3 Å². The van der Waals surface area contributed by atoms with Gasteiger partial charge in [0, 0.05) is 42.9 Å². The van der Waals surface area contributed by atoms with E-state index in [1.807, 2.05) is 36.0 Å². The number of hydrogen-bond acceptors (Lipinski definition) is 6. The van der Waals surface area contributed by atoms with Crippen LogP contribution in [-0.4, -0.2) is 40.3 Å². The molecular formula is C17H19N3O3S2. The zero-order valence-electron chi connectivity index (χ0n) is 13.9. The second-order valence-electron chi connectivity index (χ2n) is 5.81. The highest BCUT2D eigenvalue weighted by Gasteiger charge is 2.20. The van der Waals surface area contributed by atoms with Gasteiger partial charge in [-0.2, -0.15) is 11.8 Å². The van der Waals surface area contributed by atoms with E-state index in [-0.39, 0.29) is 11.6 Å². The number of anilines is 1. The predicted molar refractivity (Wildman–Crippen MR) is 103 cm³/mol. The van der Waals surface area contributed by atoms with Crippen LogP contribution in [0, 0.1) is 17.0 Å². The molecule has 0 spiro atoms. The summed E-state index contributed by atoms with van der Waals surface area (Å²) < 4.78 is 0. The Kier molecular flexibility index (Phi) is 5.72. The van der Waals surface area contributed by atoms with Crippen LogP contribution in [-0.2, 0) is 6.54 Å². The van der Waals surface area contributed by atoms with E-state index in [9.17, 15) is 14.9 Å². The van der Waals surface area contributed by atoms with Crippen LogP contribution < -0.4 is 5.32 Å². The number of amides is 1. The number of rotatable bonds is 5. The van der Waals surface area contributed by atoms with Crippen LogP contribution in [0.5, 0.6) is 0 Å². The average molecular weight is 377 g/mol. The molecule has 8 heteroatoms. The molecule has 0 bridgehead atoms. The summed E-state index contributed by atoms with van der Waals surface area (Å²) in [5, 5.41) is 13.9. The van der Waals surface area contributed by atoms with Crippen molar-refractivity contribution < 1.29 is 9.72 Å². The number of benzene rings is 1. The van der Waals surface area contributed by atoms with Gasteiger partial charge in [0.25, 0.3) is 11.6 Å². The van der Waals surface area contributed by atoms with Crippen molar-refractivity contribution in [1.29, 1.82) is 0 Å². The lowest BCUT2D eigenvalue weighted by atomic mass is 10.1. The van der Waals surface area contributed by atoms with Gasteiger partial charge in [-0.05, 0) is 18.6 Å². The quantitative estimate of drug-likeness (QED) is 0.634. The molecular weight excluding hydrogens is 358 g/mol. The summed E-state index contributed by atoms with van der Waals surface area (Å²) in [6.45, 7) is 4.54. The summed E-state index contributed by atoms with van der Waals surface area (Å²) in [4.78, 5) is 26.3. The Morgan fingerprint density at radius 3 is 2.72 bits per heavy atom. The lowest BCUT2D eigenvalue weighted by Crippen LogP contribution is -2.32. The Hall–Kier alpha value is -1.90. The van der Waals surface area contributed by atoms with Crippen molar-refractivity contribution in [3.63, 3.8) is 0 Å². The van der Waals surface area contributed by atoms with Crippen molar-refractivity contribution in [2.75, 3.05) is 29.9 Å². The lowest BCUT2D eigenvalue weighted by molar-refractivity contribution is -0.385. The molecule has 132 valence electrons. The largest absolute Gasteiger partial charge is 0.321 e. The zero-order chi connectivity index (χ0) is 17.8. The fraction of sp³-hybridized carbons (Fsp3) is 0.353. The Balaban J connectivity index is 1.75. The smallest absolute Gasteiger partial charge is 0.283 e. The second kappa shape index (κ2) is 7.99. The Bertz CT molecular complexity index is 785. The molecule has 1 aliphatic rings. The van der Waals surface area contributed by atoms with Gasteiger partial charge >= 0.3 is 0 Å². The molecule has 0 saturated carbocycles. The van der Waals surface area contributed by atoms with Gasteiger partial charge < -0.3 is 5.32 Å². The number of nitrogens with zero attached hydrogens (tertiary/aromatic N) is 2. The van der Waals surface area contributed by atoms with E-state index >= 15 is 0 Å². The van der Waals surface area contributed by atoms with Gasteiger partial charge in [0.2, 0.25) is 0 Å². The molecule has 1 N–H and O–H groups in total. The molecule has 0 radical (unpaired) electrons. The Morgan fingerprint density at radius 1 is 1.32 bits per heavy atom. The number of thiophene rings is 1. The maximum absolute atomic E-state index is 12.5. The highest BCUT2D eigenvalue weighted by Crippen LogP contribution is 2.29. The topological polar surface area (TPSA) is 75.5 Å². The van der Waals surface area contributed by atoms with Gasteiger partial charge in [0.15, 0.2) is 0 Å². The number of carbonyl (C=O) groups is 1. The van der Waals surface area contributed by atoms with Gasteiger partial charge in [0.1, 0.15) is 0 Å². The summed E-state index contributed by atoms with van der Waals surface area (Å²) in [6.07, 6.45) is 0. The van der Waals surface area contributed by atoms with Crippen LogP contribution in [0.25, 0.3) is 0 Å². The summed E-state index contributed by atoms with van der Waals surface area (Å²) in [5.41, 5.74) is 1.82. The molecule has 0 atom stereocenters. The Labute approximate surface area is 154 Å². The van der Waals surface area contributed by atoms with Gasteiger partial charge in [-0.15, -0.1) is 11.3 Å². The molecule has 6 nitrogen and oxygen atoms in total. The van der Waals surface area contributed by atoms with E-state index < -0.39 is 4.92 Å². The van der Waals surface area contributed by atoms with Gasteiger partial charge in [0.05, 0.1) is 14.7 Å². The fourth-order valence-corrected chi connectivity index (χ4v) is 4.59. The maximum atomic E-state index is 12.5. The average Bonchev–Trinajstić information content (AvgIpc) is 3.00. The van der Waals surface area contributed by atoms with Crippen LogP contribution in [0.1, 0.15) is 20.1 Å². The molecule has 2 heterocycles. The molecule has 1 aromatic carbocycles. The van der Waals surface area contributed by atoms with Crippen molar-refractivity contribution in [2.45, 2.75) is 13.5 Å². The van der Waals surface area contributed by atoms with E-state index in [1.165, 1.54) is 6.07 Å². The van der Waals surface area contributed by atoms with Crippen LogP contribution in [0.2, 0.25) is 0 Å². The van der Waals surface area contributed by atoms with Crippen molar-refractivity contribution in [3.05, 3.63) is 55.8 Å². The third-order valence-corrected chi connectivity index (χ3v) is 6.06. The molecule has 0 unspecified atom stereocenters. The Morgan fingerprint density at radius 2 is 2.04 bits per heavy atom. The van der Waals surface area contributed by atoms with E-state index in [2.05, 4.69) is 10.2 Å². The molecule has 0 aliphatic carbocycles. The summed E-state index contributed by atoms with van der Waals surface area (Å²) in [7, 11) is 0. The van der Waals surface area contributed by atoms with E-state index in [0.29, 0.717) is 9.75 Å². The molecule has 1 aliphatic heterocycles. The third-order valence-electron chi connectivity index (χ3n) is 4.08. The molecule has 1 aromatic heterocycles. The predicted octanol–water partition coefficient (Wildman–Crippen LogP) is 3.77. The summed E-state index contributed by atoms with van der Waals surface area (Å²) >= 11 is 3.11. The molecule has 1 saturated heterocycles. The van der Waals surface area contributed by atoms with Crippen molar-refractivity contribution in [2.24, 2.45) is 0 Å². The number of thioether (sulfide) groups is 1. The monoisotopic (exact) mass is 377 g/mol. The number of para-hydroxylation sites is 1. The van der Waals surface area contributed by atoms with Gasteiger partial charge in [-0.25, -0.2) is 0 Å². The first-order valence-corrected chi connectivity index (χ1v) is 9.96. The minimum atomic E-state index is -0.453. The standard InChI is InChI=1S/C17H19N3O3S2/c1-12-15(20(22)23)10-16(25-12)17(21)18-14-5-3-2-4-13(14)11-19-6-8-24-9-7-19/h2-5,10H,6-9,11H2,1H3,(H,18,21). The van der Waals surface area contributed by atoms with Crippen LogP contribution in [0.3, 0.4) is 0 Å². The summed E-state index contributed by atoms with van der Waals surface area (Å²) in [6, 6.07) is 9.08. The molecule has 3 rings (SSSR count). The minimum Gasteiger partial charge on any atom is -0.321 e. The number of nitrogens with one attached hydrogen (secondary N) is 1. The van der Waals surface area contributed by atoms with E-state index in [1.54, 1.807) is 6.92 Å². The lowest BCUT2D eigenvalue weighted by Gasteiger charge is -2.27. The second-order valence-corrected chi connectivity index (χ2v) is 8.29. The van der Waals surface area contributed by atoms with Crippen molar-refractivity contribution in [3.8, 4) is 0 Å². The molecule has 1 amide bonds. The summed E-state index contributed by atoms with van der Waals surface area (Å²) in [5.74, 6) is 1.96. The highest BCUT2D eigenvalue weighted by atomic mass is 32.2. The van der Waals surface area contributed by atoms with E-state index in [0.717, 1.165) is 53.7 Å². The highest BCUT2D eigenvalue weighted by molar-refractivity contribution is 7.99. The van der Waals surface area contributed by atoms with Crippen molar-refractivity contribution in [1.82, 2.24) is 4.90 Å². The first-order chi connectivity index (χ1) is 12.0. The molecule has 25 heavy (non-hydrogen) atoms. The molecule has 1 fully saturated rings.